The van der Waals surface area contributed by atoms with Gasteiger partial charge in [0, 0.05) is 37.0 Å². The van der Waals surface area contributed by atoms with Gasteiger partial charge in [0.25, 0.3) is 11.8 Å². The number of rotatable bonds is 6. The maximum atomic E-state index is 13.3. The quantitative estimate of drug-likeness (QED) is 0.668. The van der Waals surface area contributed by atoms with Crippen molar-refractivity contribution in [3.63, 3.8) is 0 Å². The third-order valence-corrected chi connectivity index (χ3v) is 5.29. The molecule has 0 radical (unpaired) electrons. The van der Waals surface area contributed by atoms with E-state index in [1.54, 1.807) is 47.6 Å². The van der Waals surface area contributed by atoms with E-state index in [1.165, 1.54) is 0 Å². The van der Waals surface area contributed by atoms with Crippen LogP contribution in [0.1, 0.15) is 34.6 Å². The normalized spacial score (nSPS) is 19.9. The Balaban J connectivity index is 2.03. The highest BCUT2D eigenvalue weighted by Gasteiger charge is 2.33. The molecule has 2 aromatic rings. The van der Waals surface area contributed by atoms with Crippen molar-refractivity contribution in [2.75, 3.05) is 32.1 Å². The number of ether oxygens (including phenoxy) is 1. The van der Waals surface area contributed by atoms with E-state index < -0.39 is 0 Å². The van der Waals surface area contributed by atoms with Crippen LogP contribution in [-0.4, -0.2) is 65.7 Å². The molecule has 2 heterocycles. The smallest absolute Gasteiger partial charge is 0.258 e. The second-order valence-corrected chi connectivity index (χ2v) is 7.55. The van der Waals surface area contributed by atoms with Gasteiger partial charge in [0.15, 0.2) is 5.75 Å². The molecule has 0 saturated carbocycles. The molecule has 8 heteroatoms. The molecule has 1 aliphatic rings. The maximum absolute atomic E-state index is 13.3. The van der Waals surface area contributed by atoms with Crippen LogP contribution in [0.5, 0.6) is 5.75 Å². The summed E-state index contributed by atoms with van der Waals surface area (Å²) < 4.78 is 6.29. The number of anilines is 1. The zero-order chi connectivity index (χ0) is 21.7. The van der Waals surface area contributed by atoms with E-state index in [1.807, 2.05) is 20.9 Å². The third-order valence-electron chi connectivity index (χ3n) is 5.29. The van der Waals surface area contributed by atoms with Gasteiger partial charge in [-0.2, -0.15) is 0 Å². The maximum Gasteiger partial charge on any atom is 0.258 e. The molecular weight excluding hydrogens is 384 g/mol. The molecular formula is C22H28N4O4. The number of carbonyl (C=O) groups excluding carboxylic acids is 2. The number of pyridine rings is 1. The lowest BCUT2D eigenvalue weighted by Gasteiger charge is -2.37. The van der Waals surface area contributed by atoms with Crippen LogP contribution in [0.15, 0.2) is 42.7 Å². The van der Waals surface area contributed by atoms with Crippen molar-refractivity contribution in [3.05, 3.63) is 53.9 Å². The van der Waals surface area contributed by atoms with E-state index in [0.717, 1.165) is 0 Å². The van der Waals surface area contributed by atoms with Gasteiger partial charge in [0.1, 0.15) is 6.10 Å². The van der Waals surface area contributed by atoms with Crippen LogP contribution in [-0.2, 0) is 0 Å². The number of nitrogens with one attached hydrogen (secondary N) is 2. The van der Waals surface area contributed by atoms with Crippen LogP contribution in [0.25, 0.3) is 0 Å². The molecule has 1 aromatic heterocycles. The van der Waals surface area contributed by atoms with Gasteiger partial charge in [-0.1, -0.05) is 13.0 Å². The fraction of sp³-hybridized carbons (Fsp3) is 0.409. The summed E-state index contributed by atoms with van der Waals surface area (Å²) in [4.78, 5) is 31.6. The monoisotopic (exact) mass is 412 g/mol. The minimum Gasteiger partial charge on any atom is -0.486 e. The fourth-order valence-electron chi connectivity index (χ4n) is 3.48. The number of nitrogens with zero attached hydrogens (tertiary/aromatic N) is 2. The highest BCUT2D eigenvalue weighted by atomic mass is 16.5. The summed E-state index contributed by atoms with van der Waals surface area (Å²) in [5.41, 5.74) is 1.24. The summed E-state index contributed by atoms with van der Waals surface area (Å²) in [5, 5.41) is 15.7. The molecule has 8 nitrogen and oxygen atoms in total. The molecule has 0 fully saturated rings. The molecule has 1 aromatic carbocycles. The molecule has 0 aliphatic carbocycles. The fourth-order valence-corrected chi connectivity index (χ4v) is 3.48. The lowest BCUT2D eigenvalue weighted by molar-refractivity contribution is 0.0417. The van der Waals surface area contributed by atoms with Gasteiger partial charge in [-0.25, -0.2) is 0 Å². The van der Waals surface area contributed by atoms with Gasteiger partial charge in [-0.3, -0.25) is 14.6 Å². The predicted molar refractivity (Wildman–Crippen MR) is 114 cm³/mol. The van der Waals surface area contributed by atoms with E-state index in [9.17, 15) is 14.7 Å². The molecule has 1 aliphatic heterocycles. The number of likely N-dealkylation sites (N-methyl/N-ethyl adjacent to an activating group) is 1. The Hall–Kier alpha value is -2.97. The Labute approximate surface area is 176 Å². The van der Waals surface area contributed by atoms with Crippen molar-refractivity contribution < 1.29 is 19.4 Å². The summed E-state index contributed by atoms with van der Waals surface area (Å²) in [6.45, 7) is 4.72. The van der Waals surface area contributed by atoms with Crippen LogP contribution in [0.4, 0.5) is 5.69 Å². The minimum atomic E-state index is -0.337. The third kappa shape index (κ3) is 4.60. The SMILES string of the molecule is CNC[C@H]1Oc2c(NC(=O)c3ccncc3)cccc2C(=O)N([C@@H](C)CO)C[C@H]1C. The first-order chi connectivity index (χ1) is 14.5. The zero-order valence-electron chi connectivity index (χ0n) is 17.5. The molecule has 2 amide bonds. The summed E-state index contributed by atoms with van der Waals surface area (Å²) in [5.74, 6) is -0.205. The lowest BCUT2D eigenvalue weighted by Crippen LogP contribution is -2.49. The first kappa shape index (κ1) is 21.7. The molecule has 3 N–H and O–H groups in total. The van der Waals surface area contributed by atoms with Crippen LogP contribution in [0.3, 0.4) is 0 Å². The molecule has 0 unspecified atom stereocenters. The molecule has 0 bridgehead atoms. The molecule has 3 rings (SSSR count). The van der Waals surface area contributed by atoms with Crippen LogP contribution < -0.4 is 15.4 Å². The predicted octanol–water partition coefficient (Wildman–Crippen LogP) is 1.77. The van der Waals surface area contributed by atoms with Crippen LogP contribution in [0.2, 0.25) is 0 Å². The van der Waals surface area contributed by atoms with Crippen molar-refractivity contribution in [3.8, 4) is 5.75 Å². The Kier molecular flexibility index (Phi) is 7.02. The first-order valence-corrected chi connectivity index (χ1v) is 10.0. The summed E-state index contributed by atoms with van der Waals surface area (Å²) in [6.07, 6.45) is 2.86. The number of amides is 2. The summed E-state index contributed by atoms with van der Waals surface area (Å²) >= 11 is 0. The first-order valence-electron chi connectivity index (χ1n) is 10.0. The number of fused-ring (bicyclic) bond motifs is 1. The summed E-state index contributed by atoms with van der Waals surface area (Å²) in [6, 6.07) is 8.00. The number of benzene rings is 1. The number of hydrogen-bond donors (Lipinski definition) is 3. The average Bonchev–Trinajstić information content (AvgIpc) is 2.76. The van der Waals surface area contributed by atoms with Crippen molar-refractivity contribution in [2.24, 2.45) is 5.92 Å². The molecule has 0 saturated heterocycles. The minimum absolute atomic E-state index is 0.00695. The van der Waals surface area contributed by atoms with Crippen molar-refractivity contribution in [1.82, 2.24) is 15.2 Å². The lowest BCUT2D eigenvalue weighted by atomic mass is 9.99. The van der Waals surface area contributed by atoms with Gasteiger partial charge >= 0.3 is 0 Å². The van der Waals surface area contributed by atoms with E-state index in [4.69, 9.17) is 4.74 Å². The van der Waals surface area contributed by atoms with Gasteiger partial charge in [-0.15, -0.1) is 0 Å². The topological polar surface area (TPSA) is 104 Å². The van der Waals surface area contributed by atoms with Gasteiger partial charge in [-0.05, 0) is 38.2 Å². The second kappa shape index (κ2) is 9.69. The Bertz CT molecular complexity index is 890. The summed E-state index contributed by atoms with van der Waals surface area (Å²) in [7, 11) is 1.84. The number of carbonyl (C=O) groups is 2. The largest absolute Gasteiger partial charge is 0.486 e. The number of aliphatic hydroxyl groups excluding tert-OH is 1. The molecule has 0 spiro atoms. The number of aliphatic hydroxyl groups is 1. The Morgan fingerprint density at radius 2 is 2.07 bits per heavy atom. The van der Waals surface area contributed by atoms with Gasteiger partial charge in [0.05, 0.1) is 23.9 Å². The number of aromatic nitrogens is 1. The average molecular weight is 412 g/mol. The van der Waals surface area contributed by atoms with E-state index in [0.29, 0.717) is 35.7 Å². The highest BCUT2D eigenvalue weighted by Crippen LogP contribution is 2.34. The number of para-hydroxylation sites is 1. The van der Waals surface area contributed by atoms with E-state index in [2.05, 4.69) is 15.6 Å². The molecule has 160 valence electrons. The van der Waals surface area contributed by atoms with Crippen molar-refractivity contribution in [2.45, 2.75) is 26.0 Å². The number of hydrogen-bond acceptors (Lipinski definition) is 6. The van der Waals surface area contributed by atoms with Crippen molar-refractivity contribution in [1.29, 1.82) is 0 Å². The van der Waals surface area contributed by atoms with E-state index >= 15 is 0 Å². The highest BCUT2D eigenvalue weighted by molar-refractivity contribution is 6.07. The van der Waals surface area contributed by atoms with E-state index in [-0.39, 0.29) is 36.5 Å². The van der Waals surface area contributed by atoms with Crippen LogP contribution in [0, 0.1) is 5.92 Å². The Morgan fingerprint density at radius 1 is 1.33 bits per heavy atom. The zero-order valence-corrected chi connectivity index (χ0v) is 17.5. The van der Waals surface area contributed by atoms with Gasteiger partial charge in [0.2, 0.25) is 0 Å². The van der Waals surface area contributed by atoms with Crippen LogP contribution >= 0.6 is 0 Å². The molecule has 3 atom stereocenters. The van der Waals surface area contributed by atoms with Crippen molar-refractivity contribution >= 4 is 17.5 Å². The molecule has 30 heavy (non-hydrogen) atoms. The van der Waals surface area contributed by atoms with Gasteiger partial charge < -0.3 is 25.4 Å². The standard InChI is InChI=1S/C22H28N4O4/c1-14-12-26(15(2)13-27)22(29)17-5-4-6-18(20(17)30-19(14)11-23-3)25-21(28)16-7-9-24-10-8-16/h4-10,14-15,19,23,27H,11-13H2,1-3H3,(H,25,28)/t14-,15+,19-/m1/s1. The second-order valence-electron chi connectivity index (χ2n) is 7.55. The Morgan fingerprint density at radius 3 is 2.73 bits per heavy atom.